The number of benzene rings is 2. The van der Waals surface area contributed by atoms with E-state index in [1.165, 1.54) is 28.8 Å². The largest absolute Gasteiger partial charge is 0.420 e. The van der Waals surface area contributed by atoms with Crippen molar-refractivity contribution >= 4 is 21.1 Å². The van der Waals surface area contributed by atoms with Crippen molar-refractivity contribution in [1.29, 1.82) is 0 Å². The van der Waals surface area contributed by atoms with Crippen molar-refractivity contribution in [3.8, 4) is 0 Å². The van der Waals surface area contributed by atoms with Gasteiger partial charge in [0.05, 0.1) is 16.0 Å². The summed E-state index contributed by atoms with van der Waals surface area (Å²) in [5.41, 5.74) is 0.787. The van der Waals surface area contributed by atoms with Crippen LogP contribution in [0.25, 0.3) is 11.1 Å². The minimum atomic E-state index is -3.84. The average molecular weight is 390 g/mol. The standard InChI is InChI=1S/C19H19FN2O4S/c1-12(2)22-16-8-7-15(11-17(16)26-18(22)23)27(24,25)21-19(9-10-19)13-3-5-14(20)6-4-13/h3-8,11-12,21H,9-10H2,1-2H3. The zero-order valence-corrected chi connectivity index (χ0v) is 15.7. The van der Waals surface area contributed by atoms with Gasteiger partial charge in [0.25, 0.3) is 0 Å². The van der Waals surface area contributed by atoms with E-state index < -0.39 is 21.3 Å². The first kappa shape index (κ1) is 17.9. The van der Waals surface area contributed by atoms with Gasteiger partial charge < -0.3 is 4.42 Å². The Bertz CT molecular complexity index is 1170. The van der Waals surface area contributed by atoms with E-state index in [4.69, 9.17) is 4.42 Å². The number of hydrogen-bond acceptors (Lipinski definition) is 4. The number of nitrogens with one attached hydrogen (secondary N) is 1. The first-order valence-corrected chi connectivity index (χ1v) is 10.2. The Hall–Kier alpha value is -2.45. The lowest BCUT2D eigenvalue weighted by Crippen LogP contribution is -2.34. The quantitative estimate of drug-likeness (QED) is 0.725. The molecule has 1 N–H and O–H groups in total. The van der Waals surface area contributed by atoms with Crippen LogP contribution in [0.3, 0.4) is 0 Å². The number of rotatable bonds is 5. The summed E-state index contributed by atoms with van der Waals surface area (Å²) in [5.74, 6) is -0.889. The molecule has 142 valence electrons. The lowest BCUT2D eigenvalue weighted by atomic mass is 10.1. The second kappa shape index (κ2) is 6.03. The van der Waals surface area contributed by atoms with E-state index in [1.807, 2.05) is 13.8 Å². The van der Waals surface area contributed by atoms with Crippen LogP contribution in [0.4, 0.5) is 4.39 Å². The van der Waals surface area contributed by atoms with E-state index in [0.29, 0.717) is 18.4 Å². The lowest BCUT2D eigenvalue weighted by Gasteiger charge is -2.18. The molecule has 0 unspecified atom stereocenters. The molecule has 0 amide bonds. The summed E-state index contributed by atoms with van der Waals surface area (Å²) in [4.78, 5) is 12.0. The fourth-order valence-electron chi connectivity index (χ4n) is 3.33. The minimum Gasteiger partial charge on any atom is -0.408 e. The van der Waals surface area contributed by atoms with Crippen LogP contribution in [0.1, 0.15) is 38.3 Å². The highest BCUT2D eigenvalue weighted by Crippen LogP contribution is 2.46. The third kappa shape index (κ3) is 3.08. The highest BCUT2D eigenvalue weighted by molar-refractivity contribution is 7.89. The average Bonchev–Trinajstić information content (AvgIpc) is 3.27. The number of halogens is 1. The van der Waals surface area contributed by atoms with Gasteiger partial charge in [-0.15, -0.1) is 0 Å². The molecule has 0 bridgehead atoms. The summed E-state index contributed by atoms with van der Waals surface area (Å²) in [6, 6.07) is 10.1. The Morgan fingerprint density at radius 1 is 1.15 bits per heavy atom. The molecule has 1 fully saturated rings. The molecule has 1 saturated carbocycles. The summed E-state index contributed by atoms with van der Waals surface area (Å²) in [7, 11) is -3.84. The first-order chi connectivity index (χ1) is 12.7. The van der Waals surface area contributed by atoms with E-state index in [-0.39, 0.29) is 22.3 Å². The highest BCUT2D eigenvalue weighted by atomic mass is 32.2. The molecule has 6 nitrogen and oxygen atoms in total. The molecule has 0 radical (unpaired) electrons. The van der Waals surface area contributed by atoms with Crippen molar-refractivity contribution in [2.75, 3.05) is 0 Å². The molecule has 1 aromatic heterocycles. The predicted molar refractivity (Wildman–Crippen MR) is 98.5 cm³/mol. The van der Waals surface area contributed by atoms with Gasteiger partial charge in [-0.1, -0.05) is 12.1 Å². The fourth-order valence-corrected chi connectivity index (χ4v) is 4.80. The van der Waals surface area contributed by atoms with Crippen LogP contribution in [0.15, 0.2) is 56.6 Å². The van der Waals surface area contributed by atoms with E-state index in [1.54, 1.807) is 18.2 Å². The van der Waals surface area contributed by atoms with E-state index in [2.05, 4.69) is 4.72 Å². The maximum absolute atomic E-state index is 13.2. The fraction of sp³-hybridized carbons (Fsp3) is 0.316. The van der Waals surface area contributed by atoms with Crippen molar-refractivity contribution in [2.24, 2.45) is 0 Å². The van der Waals surface area contributed by atoms with Crippen LogP contribution in [-0.2, 0) is 15.6 Å². The summed E-state index contributed by atoms with van der Waals surface area (Å²) >= 11 is 0. The van der Waals surface area contributed by atoms with Gasteiger partial charge in [-0.05, 0) is 56.5 Å². The van der Waals surface area contributed by atoms with Gasteiger partial charge in [-0.25, -0.2) is 22.3 Å². The number of oxazole rings is 1. The van der Waals surface area contributed by atoms with Gasteiger partial charge in [0.1, 0.15) is 5.82 Å². The number of aromatic nitrogens is 1. The van der Waals surface area contributed by atoms with Crippen molar-refractivity contribution in [3.05, 3.63) is 64.4 Å². The summed E-state index contributed by atoms with van der Waals surface area (Å²) in [5, 5.41) is 0. The lowest BCUT2D eigenvalue weighted by molar-refractivity contribution is 0.478. The molecule has 0 atom stereocenters. The molecule has 3 aromatic rings. The predicted octanol–water partition coefficient (Wildman–Crippen LogP) is 3.28. The molecule has 4 rings (SSSR count). The smallest absolute Gasteiger partial charge is 0.408 e. The zero-order chi connectivity index (χ0) is 19.4. The van der Waals surface area contributed by atoms with E-state index in [9.17, 15) is 17.6 Å². The van der Waals surface area contributed by atoms with E-state index >= 15 is 0 Å². The number of nitrogens with zero attached hydrogens (tertiary/aromatic N) is 1. The molecule has 2 aromatic carbocycles. The topological polar surface area (TPSA) is 81.3 Å². The number of hydrogen-bond donors (Lipinski definition) is 1. The molecule has 1 aliphatic rings. The molecule has 0 aliphatic heterocycles. The Kier molecular flexibility index (Phi) is 4.01. The number of fused-ring (bicyclic) bond motifs is 1. The zero-order valence-electron chi connectivity index (χ0n) is 14.9. The van der Waals surface area contributed by atoms with Crippen LogP contribution in [-0.4, -0.2) is 13.0 Å². The van der Waals surface area contributed by atoms with Gasteiger partial charge in [0.15, 0.2) is 5.58 Å². The van der Waals surface area contributed by atoms with Gasteiger partial charge in [-0.3, -0.25) is 4.57 Å². The second-order valence-corrected chi connectivity index (χ2v) is 8.84. The molecule has 1 aliphatic carbocycles. The molecule has 1 heterocycles. The highest BCUT2D eigenvalue weighted by Gasteiger charge is 2.47. The molecule has 27 heavy (non-hydrogen) atoms. The van der Waals surface area contributed by atoms with Crippen LogP contribution in [0.5, 0.6) is 0 Å². The molecule has 0 saturated heterocycles. The Balaban J connectivity index is 1.70. The summed E-state index contributed by atoms with van der Waals surface area (Å²) in [6.45, 7) is 3.70. The first-order valence-electron chi connectivity index (χ1n) is 8.67. The Morgan fingerprint density at radius 2 is 1.81 bits per heavy atom. The maximum atomic E-state index is 13.2. The van der Waals surface area contributed by atoms with Crippen molar-refractivity contribution in [1.82, 2.24) is 9.29 Å². The van der Waals surface area contributed by atoms with E-state index in [0.717, 1.165) is 5.56 Å². The Morgan fingerprint density at radius 3 is 2.41 bits per heavy atom. The summed E-state index contributed by atoms with van der Waals surface area (Å²) < 4.78 is 48.3. The summed E-state index contributed by atoms with van der Waals surface area (Å²) in [6.07, 6.45) is 1.28. The van der Waals surface area contributed by atoms with Crippen molar-refractivity contribution in [3.63, 3.8) is 0 Å². The Labute approximate surface area is 155 Å². The molecular weight excluding hydrogens is 371 g/mol. The maximum Gasteiger partial charge on any atom is 0.420 e. The number of sulfonamides is 1. The normalized spacial score (nSPS) is 16.1. The molecular formula is C19H19FN2O4S. The van der Waals surface area contributed by atoms with Gasteiger partial charge in [-0.2, -0.15) is 0 Å². The van der Waals surface area contributed by atoms with Crippen molar-refractivity contribution < 1.29 is 17.2 Å². The minimum absolute atomic E-state index is 0.0213. The third-order valence-electron chi connectivity index (χ3n) is 4.89. The van der Waals surface area contributed by atoms with Crippen LogP contribution in [0.2, 0.25) is 0 Å². The molecule has 8 heteroatoms. The van der Waals surface area contributed by atoms with Gasteiger partial charge in [0.2, 0.25) is 10.0 Å². The van der Waals surface area contributed by atoms with Crippen LogP contribution in [0, 0.1) is 5.82 Å². The third-order valence-corrected chi connectivity index (χ3v) is 6.42. The monoisotopic (exact) mass is 390 g/mol. The van der Waals surface area contributed by atoms with Gasteiger partial charge in [0, 0.05) is 12.1 Å². The van der Waals surface area contributed by atoms with Crippen LogP contribution >= 0.6 is 0 Å². The second-order valence-electron chi connectivity index (χ2n) is 7.16. The SMILES string of the molecule is CC(C)n1c(=O)oc2cc(S(=O)(=O)NC3(c4ccc(F)cc4)CC3)ccc21. The van der Waals surface area contributed by atoms with Crippen LogP contribution < -0.4 is 10.5 Å². The van der Waals surface area contributed by atoms with Gasteiger partial charge >= 0.3 is 5.76 Å². The molecule has 0 spiro atoms. The van der Waals surface area contributed by atoms with Crippen molar-refractivity contribution in [2.45, 2.75) is 43.2 Å².